The molecule has 1 aromatic carbocycles. The van der Waals surface area contributed by atoms with Crippen LogP contribution in [-0.2, 0) is 16.1 Å². The van der Waals surface area contributed by atoms with E-state index in [9.17, 15) is 4.79 Å². The maximum absolute atomic E-state index is 12.7. The Bertz CT molecular complexity index is 656. The number of ether oxygens (including phenoxy) is 1. The van der Waals surface area contributed by atoms with Crippen LogP contribution in [0, 0.1) is 5.92 Å². The lowest BCUT2D eigenvalue weighted by Gasteiger charge is -2.34. The summed E-state index contributed by atoms with van der Waals surface area (Å²) < 4.78 is 5.73. The average molecular weight is 433 g/mol. The van der Waals surface area contributed by atoms with Crippen LogP contribution in [0.25, 0.3) is 0 Å². The molecule has 0 aromatic heterocycles. The molecule has 0 unspecified atom stereocenters. The molecule has 6 nitrogen and oxygen atoms in total. The minimum atomic E-state index is 0.206. The summed E-state index contributed by atoms with van der Waals surface area (Å²) in [6.45, 7) is 6.60. The minimum absolute atomic E-state index is 0.206. The van der Waals surface area contributed by atoms with Gasteiger partial charge in [0.1, 0.15) is 0 Å². The number of hydrogen-bond acceptors (Lipinski definition) is 4. The Kier molecular flexibility index (Phi) is 9.83. The Morgan fingerprint density at radius 3 is 2.60 bits per heavy atom. The highest BCUT2D eigenvalue weighted by Gasteiger charge is 2.30. The van der Waals surface area contributed by atoms with E-state index >= 15 is 0 Å². The van der Waals surface area contributed by atoms with Crippen molar-refractivity contribution < 1.29 is 9.53 Å². The first-order chi connectivity index (χ1) is 14.8. The van der Waals surface area contributed by atoms with Crippen molar-refractivity contribution in [2.24, 2.45) is 10.9 Å². The number of hydrogen-bond donors (Lipinski definition) is 2. The van der Waals surface area contributed by atoms with E-state index in [1.165, 1.54) is 5.56 Å². The monoisotopic (exact) mass is 432 g/mol. The van der Waals surface area contributed by atoms with E-state index in [0.29, 0.717) is 31.7 Å². The Morgan fingerprint density at radius 1 is 1.17 bits per heavy atom. The highest BCUT2D eigenvalue weighted by molar-refractivity contribution is 7.99. The molecule has 0 radical (unpaired) electrons. The fourth-order valence-electron chi connectivity index (χ4n) is 4.03. The number of aliphatic imine (C=N–C) groups is 1. The lowest BCUT2D eigenvalue weighted by molar-refractivity contribution is -0.136. The van der Waals surface area contributed by atoms with Crippen molar-refractivity contribution in [2.45, 2.75) is 45.3 Å². The van der Waals surface area contributed by atoms with Gasteiger partial charge in [-0.2, -0.15) is 11.8 Å². The molecule has 0 atom stereocenters. The van der Waals surface area contributed by atoms with Gasteiger partial charge in [-0.1, -0.05) is 30.3 Å². The first kappa shape index (κ1) is 22.9. The van der Waals surface area contributed by atoms with Crippen LogP contribution in [-0.4, -0.2) is 67.1 Å². The van der Waals surface area contributed by atoms with E-state index in [4.69, 9.17) is 4.74 Å². The van der Waals surface area contributed by atoms with Crippen molar-refractivity contribution in [2.75, 3.05) is 44.3 Å². The quantitative estimate of drug-likeness (QED) is 0.376. The molecule has 0 spiro atoms. The molecule has 1 heterocycles. The normalized spacial score (nSPS) is 22.6. The van der Waals surface area contributed by atoms with E-state index in [-0.39, 0.29) is 5.92 Å². The molecule has 30 heavy (non-hydrogen) atoms. The first-order valence-electron chi connectivity index (χ1n) is 11.3. The fraction of sp³-hybridized carbons (Fsp3) is 0.652. The van der Waals surface area contributed by atoms with Gasteiger partial charge in [0.15, 0.2) is 5.96 Å². The van der Waals surface area contributed by atoms with E-state index in [1.807, 2.05) is 30.0 Å². The average Bonchev–Trinajstić information content (AvgIpc) is 2.80. The number of nitrogens with one attached hydrogen (secondary N) is 2. The predicted octanol–water partition coefficient (Wildman–Crippen LogP) is 2.89. The van der Waals surface area contributed by atoms with Gasteiger partial charge in [0.05, 0.1) is 19.8 Å². The number of guanidine groups is 1. The van der Waals surface area contributed by atoms with Crippen LogP contribution >= 0.6 is 11.8 Å². The molecule has 2 aliphatic rings. The number of benzene rings is 1. The first-order valence-corrected chi connectivity index (χ1v) is 12.4. The summed E-state index contributed by atoms with van der Waals surface area (Å²) in [4.78, 5) is 19.5. The third kappa shape index (κ3) is 7.51. The van der Waals surface area contributed by atoms with Crippen LogP contribution in [0.2, 0.25) is 0 Å². The van der Waals surface area contributed by atoms with E-state index < -0.39 is 0 Å². The van der Waals surface area contributed by atoms with Gasteiger partial charge in [0.25, 0.3) is 0 Å². The summed E-state index contributed by atoms with van der Waals surface area (Å²) in [5.74, 6) is 3.60. The van der Waals surface area contributed by atoms with Gasteiger partial charge in [-0.25, -0.2) is 0 Å². The summed E-state index contributed by atoms with van der Waals surface area (Å²) in [5.41, 5.74) is 1.18. The smallest absolute Gasteiger partial charge is 0.225 e. The third-order valence-electron chi connectivity index (χ3n) is 5.70. The standard InChI is InChI=1S/C23H36N4O2S/c1-2-24-23(25-12-15-29-18-19-6-4-3-5-7-19)26-21-10-8-20(9-11-21)22(28)27-13-16-30-17-14-27/h3-7,20-21H,2,8-18H2,1H3,(H2,24,25,26). The molecule has 0 bridgehead atoms. The second-order valence-corrected chi connectivity index (χ2v) is 9.15. The third-order valence-corrected chi connectivity index (χ3v) is 6.64. The zero-order chi connectivity index (χ0) is 21.0. The van der Waals surface area contributed by atoms with Crippen molar-refractivity contribution in [1.82, 2.24) is 15.5 Å². The van der Waals surface area contributed by atoms with E-state index in [0.717, 1.165) is 62.8 Å². The van der Waals surface area contributed by atoms with Crippen LogP contribution in [0.15, 0.2) is 35.3 Å². The van der Waals surface area contributed by atoms with Gasteiger partial charge in [-0.05, 0) is 38.2 Å². The fourth-order valence-corrected chi connectivity index (χ4v) is 4.93. The van der Waals surface area contributed by atoms with E-state index in [2.05, 4.69) is 39.6 Å². The number of rotatable bonds is 8. The lowest BCUT2D eigenvalue weighted by Crippen LogP contribution is -2.47. The Hall–Kier alpha value is -1.73. The van der Waals surface area contributed by atoms with Crippen molar-refractivity contribution >= 4 is 23.6 Å². The molecule has 1 aliphatic carbocycles. The Morgan fingerprint density at radius 2 is 1.90 bits per heavy atom. The number of thioether (sulfide) groups is 1. The zero-order valence-corrected chi connectivity index (χ0v) is 19.0. The van der Waals surface area contributed by atoms with Gasteiger partial charge < -0.3 is 20.3 Å². The predicted molar refractivity (Wildman–Crippen MR) is 125 cm³/mol. The molecule has 3 rings (SSSR count). The molecule has 1 aromatic rings. The zero-order valence-electron chi connectivity index (χ0n) is 18.1. The number of nitrogens with zero attached hydrogens (tertiary/aromatic N) is 2. The highest BCUT2D eigenvalue weighted by Crippen LogP contribution is 2.27. The van der Waals surface area contributed by atoms with Crippen molar-refractivity contribution in [1.29, 1.82) is 0 Å². The number of amides is 1. The largest absolute Gasteiger partial charge is 0.375 e. The summed E-state index contributed by atoms with van der Waals surface area (Å²) in [5, 5.41) is 6.89. The molecule has 1 aliphatic heterocycles. The van der Waals surface area contributed by atoms with Gasteiger partial charge >= 0.3 is 0 Å². The summed E-state index contributed by atoms with van der Waals surface area (Å²) >= 11 is 1.95. The second kappa shape index (κ2) is 12.8. The van der Waals surface area contributed by atoms with Crippen LogP contribution in [0.5, 0.6) is 0 Å². The molecule has 1 amide bonds. The van der Waals surface area contributed by atoms with Crippen molar-refractivity contribution in [3.05, 3.63) is 35.9 Å². The SMILES string of the molecule is CCNC(=NCCOCc1ccccc1)NC1CCC(C(=O)N2CCSCC2)CC1. The summed E-state index contributed by atoms with van der Waals surface area (Å²) in [7, 11) is 0. The summed E-state index contributed by atoms with van der Waals surface area (Å²) in [6.07, 6.45) is 3.99. The molecule has 2 N–H and O–H groups in total. The van der Waals surface area contributed by atoms with Crippen molar-refractivity contribution in [3.8, 4) is 0 Å². The molecule has 1 saturated carbocycles. The summed E-state index contributed by atoms with van der Waals surface area (Å²) in [6, 6.07) is 10.6. The van der Waals surface area contributed by atoms with Gasteiger partial charge in [0, 0.05) is 43.1 Å². The van der Waals surface area contributed by atoms with Gasteiger partial charge in [0.2, 0.25) is 5.91 Å². The highest BCUT2D eigenvalue weighted by atomic mass is 32.2. The van der Waals surface area contributed by atoms with Gasteiger partial charge in [-0.3, -0.25) is 9.79 Å². The maximum Gasteiger partial charge on any atom is 0.225 e. The Labute approximate surface area is 185 Å². The number of carbonyl (C=O) groups excluding carboxylic acids is 1. The molecule has 2 fully saturated rings. The topological polar surface area (TPSA) is 66.0 Å². The van der Waals surface area contributed by atoms with Crippen LogP contribution in [0.1, 0.15) is 38.2 Å². The molecule has 1 saturated heterocycles. The van der Waals surface area contributed by atoms with Crippen LogP contribution < -0.4 is 10.6 Å². The molecule has 7 heteroatoms. The van der Waals surface area contributed by atoms with Crippen molar-refractivity contribution in [3.63, 3.8) is 0 Å². The van der Waals surface area contributed by atoms with E-state index in [1.54, 1.807) is 0 Å². The van der Waals surface area contributed by atoms with Crippen LogP contribution in [0.4, 0.5) is 0 Å². The second-order valence-electron chi connectivity index (χ2n) is 7.93. The lowest BCUT2D eigenvalue weighted by atomic mass is 9.85. The minimum Gasteiger partial charge on any atom is -0.375 e. The van der Waals surface area contributed by atoms with Gasteiger partial charge in [-0.15, -0.1) is 0 Å². The molecular weight excluding hydrogens is 396 g/mol. The maximum atomic E-state index is 12.7. The molecule has 166 valence electrons. The molecular formula is C23H36N4O2S. The number of carbonyl (C=O) groups is 1. The van der Waals surface area contributed by atoms with Crippen LogP contribution in [0.3, 0.4) is 0 Å². The Balaban J connectivity index is 1.37.